The molecule has 0 saturated carbocycles. The highest BCUT2D eigenvalue weighted by Crippen LogP contribution is 2.34. The third-order valence-electron chi connectivity index (χ3n) is 3.73. The smallest absolute Gasteiger partial charge is 0.225 e. The number of sulfonamides is 1. The molecule has 0 atom stereocenters. The van der Waals surface area contributed by atoms with Gasteiger partial charge in [-0.1, -0.05) is 24.3 Å². The van der Waals surface area contributed by atoms with E-state index in [9.17, 15) is 8.42 Å². The first kappa shape index (κ1) is 16.1. The van der Waals surface area contributed by atoms with Gasteiger partial charge in [0.25, 0.3) is 0 Å². The van der Waals surface area contributed by atoms with Crippen molar-refractivity contribution in [3.8, 4) is 28.2 Å². The van der Waals surface area contributed by atoms with Crippen LogP contribution < -0.4 is 5.14 Å². The van der Waals surface area contributed by atoms with E-state index in [0.717, 1.165) is 11.3 Å². The van der Waals surface area contributed by atoms with Crippen LogP contribution in [0.2, 0.25) is 0 Å². The Balaban J connectivity index is 1.89. The maximum absolute atomic E-state index is 12.0. The topological polar surface area (TPSA) is 145 Å². The van der Waals surface area contributed by atoms with Crippen molar-refractivity contribution >= 4 is 10.0 Å². The van der Waals surface area contributed by atoms with Crippen LogP contribution in [0.3, 0.4) is 0 Å². The van der Waals surface area contributed by atoms with Gasteiger partial charge in [0.1, 0.15) is 0 Å². The van der Waals surface area contributed by atoms with E-state index in [-0.39, 0.29) is 16.3 Å². The molecule has 0 spiro atoms. The highest BCUT2D eigenvalue weighted by atomic mass is 32.2. The van der Waals surface area contributed by atoms with Gasteiger partial charge >= 0.3 is 0 Å². The lowest BCUT2D eigenvalue weighted by molar-refractivity contribution is 0.598. The number of hydrogen-bond acceptors (Lipinski definition) is 7. The Morgan fingerprint density at radius 1 is 1.00 bits per heavy atom. The molecule has 0 aliphatic heterocycles. The van der Waals surface area contributed by atoms with Crippen molar-refractivity contribution in [3.05, 3.63) is 54.9 Å². The number of nitrogens with zero attached hydrogens (tertiary/aromatic N) is 6. The molecule has 2 heterocycles. The fraction of sp³-hybridized carbons (Fsp3) is 0. The standard InChI is InChI=1S/C15H12N8O2S/c16-26(24,25)13-3-1-2-12(14(13)15-19-21-22-20-15)10-4-6-11(7-5-10)23-17-8-9-18-23/h1-9H,(H2,16,24,25)(H,19,20,21,22). The zero-order valence-electron chi connectivity index (χ0n) is 13.2. The Bertz CT molecular complexity index is 1140. The normalized spacial score (nSPS) is 11.6. The van der Waals surface area contributed by atoms with E-state index in [4.69, 9.17) is 5.14 Å². The third kappa shape index (κ3) is 2.85. The minimum absolute atomic E-state index is 0.0748. The van der Waals surface area contributed by atoms with Crippen LogP contribution >= 0.6 is 0 Å². The Morgan fingerprint density at radius 2 is 1.73 bits per heavy atom. The number of nitrogens with one attached hydrogen (secondary N) is 1. The van der Waals surface area contributed by atoms with Gasteiger partial charge in [0.05, 0.1) is 28.5 Å². The van der Waals surface area contributed by atoms with Crippen molar-refractivity contribution in [2.24, 2.45) is 5.14 Å². The van der Waals surface area contributed by atoms with Crippen molar-refractivity contribution in [2.75, 3.05) is 0 Å². The van der Waals surface area contributed by atoms with Crippen LogP contribution in [0.4, 0.5) is 0 Å². The summed E-state index contributed by atoms with van der Waals surface area (Å²) in [4.78, 5) is 1.40. The molecular formula is C15H12N8O2S. The summed E-state index contributed by atoms with van der Waals surface area (Å²) in [6, 6.07) is 12.1. The fourth-order valence-corrected chi connectivity index (χ4v) is 3.38. The quantitative estimate of drug-likeness (QED) is 0.541. The second-order valence-corrected chi connectivity index (χ2v) is 6.85. The number of tetrazole rings is 1. The number of aromatic amines is 1. The van der Waals surface area contributed by atoms with Crippen LogP contribution in [0.5, 0.6) is 0 Å². The number of aromatic nitrogens is 7. The number of H-pyrrole nitrogens is 1. The average molecular weight is 368 g/mol. The molecule has 2 aromatic heterocycles. The molecule has 2 aromatic carbocycles. The lowest BCUT2D eigenvalue weighted by Crippen LogP contribution is -2.14. The van der Waals surface area contributed by atoms with Crippen molar-refractivity contribution in [1.82, 2.24) is 35.6 Å². The first-order valence-electron chi connectivity index (χ1n) is 7.41. The number of hydrogen-bond donors (Lipinski definition) is 2. The van der Waals surface area contributed by atoms with Gasteiger partial charge in [0.15, 0.2) is 0 Å². The van der Waals surface area contributed by atoms with Crippen LogP contribution in [0.15, 0.2) is 59.8 Å². The zero-order chi connectivity index (χ0) is 18.1. The Hall–Kier alpha value is -3.44. The summed E-state index contributed by atoms with van der Waals surface area (Å²) in [5.41, 5.74) is 2.42. The third-order valence-corrected chi connectivity index (χ3v) is 4.68. The number of rotatable bonds is 4. The van der Waals surface area contributed by atoms with Gasteiger partial charge < -0.3 is 0 Å². The Morgan fingerprint density at radius 3 is 2.35 bits per heavy atom. The summed E-state index contributed by atoms with van der Waals surface area (Å²) in [5, 5.41) is 27.2. The van der Waals surface area contributed by atoms with E-state index in [2.05, 4.69) is 30.8 Å². The first-order chi connectivity index (χ1) is 12.5. The Labute approximate surface area is 147 Å². The van der Waals surface area contributed by atoms with Crippen LogP contribution in [0, 0.1) is 0 Å². The summed E-state index contributed by atoms with van der Waals surface area (Å²) in [6.45, 7) is 0. The Kier molecular flexibility index (Phi) is 3.78. The molecule has 0 bridgehead atoms. The van der Waals surface area contributed by atoms with E-state index in [1.807, 2.05) is 24.3 Å². The molecule has 3 N–H and O–H groups in total. The first-order valence-corrected chi connectivity index (χ1v) is 8.95. The zero-order valence-corrected chi connectivity index (χ0v) is 14.0. The molecular weight excluding hydrogens is 356 g/mol. The largest absolute Gasteiger partial charge is 0.238 e. The average Bonchev–Trinajstić information content (AvgIpc) is 3.34. The van der Waals surface area contributed by atoms with Gasteiger partial charge in [-0.05, 0) is 34.5 Å². The number of primary sulfonamides is 1. The maximum atomic E-state index is 12.0. The summed E-state index contributed by atoms with van der Waals surface area (Å²) < 4.78 is 24.0. The van der Waals surface area contributed by atoms with Gasteiger partial charge in [0.2, 0.25) is 15.8 Å². The monoisotopic (exact) mass is 368 g/mol. The van der Waals surface area contributed by atoms with Crippen molar-refractivity contribution in [3.63, 3.8) is 0 Å². The minimum atomic E-state index is -3.98. The SMILES string of the molecule is NS(=O)(=O)c1cccc(-c2ccc(-n3nccn3)cc2)c1-c1nn[nH]n1. The molecule has 0 amide bonds. The van der Waals surface area contributed by atoms with Crippen LogP contribution in [-0.4, -0.2) is 44.0 Å². The molecule has 0 aliphatic rings. The van der Waals surface area contributed by atoms with E-state index < -0.39 is 10.0 Å². The van der Waals surface area contributed by atoms with Gasteiger partial charge in [-0.25, -0.2) is 13.6 Å². The van der Waals surface area contributed by atoms with Crippen molar-refractivity contribution < 1.29 is 8.42 Å². The summed E-state index contributed by atoms with van der Waals surface area (Å²) in [5.74, 6) is 0.141. The van der Waals surface area contributed by atoms with E-state index in [1.165, 1.54) is 10.9 Å². The van der Waals surface area contributed by atoms with Crippen LogP contribution in [0.25, 0.3) is 28.2 Å². The molecule has 10 nitrogen and oxygen atoms in total. The molecule has 26 heavy (non-hydrogen) atoms. The molecule has 130 valence electrons. The van der Waals surface area contributed by atoms with Gasteiger partial charge in [0, 0.05) is 0 Å². The number of benzene rings is 2. The van der Waals surface area contributed by atoms with Crippen LogP contribution in [-0.2, 0) is 10.0 Å². The van der Waals surface area contributed by atoms with Crippen LogP contribution in [0.1, 0.15) is 0 Å². The molecule has 11 heteroatoms. The second kappa shape index (κ2) is 6.13. The summed E-state index contributed by atoms with van der Waals surface area (Å²) in [7, 11) is -3.98. The minimum Gasteiger partial charge on any atom is -0.225 e. The molecule has 0 saturated heterocycles. The lowest BCUT2D eigenvalue weighted by atomic mass is 9.99. The highest BCUT2D eigenvalue weighted by molar-refractivity contribution is 7.89. The van der Waals surface area contributed by atoms with Gasteiger partial charge in [-0.15, -0.1) is 10.2 Å². The van der Waals surface area contributed by atoms with Crippen molar-refractivity contribution in [1.29, 1.82) is 0 Å². The van der Waals surface area contributed by atoms with E-state index >= 15 is 0 Å². The van der Waals surface area contributed by atoms with E-state index in [0.29, 0.717) is 5.56 Å². The molecule has 0 aliphatic carbocycles. The molecule has 4 rings (SSSR count). The van der Waals surface area contributed by atoms with Gasteiger partial charge in [-0.2, -0.15) is 20.2 Å². The fourth-order valence-electron chi connectivity index (χ4n) is 2.63. The van der Waals surface area contributed by atoms with Crippen molar-refractivity contribution in [2.45, 2.75) is 4.90 Å². The number of nitrogens with two attached hydrogens (primary N) is 1. The summed E-state index contributed by atoms with van der Waals surface area (Å²) >= 11 is 0. The summed E-state index contributed by atoms with van der Waals surface area (Å²) in [6.07, 6.45) is 3.16. The van der Waals surface area contributed by atoms with Gasteiger partial charge in [-0.3, -0.25) is 0 Å². The predicted molar refractivity (Wildman–Crippen MR) is 91.3 cm³/mol. The predicted octanol–water partition coefficient (Wildman–Crippen LogP) is 0.762. The van der Waals surface area contributed by atoms with E-state index in [1.54, 1.807) is 24.5 Å². The maximum Gasteiger partial charge on any atom is 0.238 e. The molecule has 0 unspecified atom stereocenters. The molecule has 0 radical (unpaired) electrons. The highest BCUT2D eigenvalue weighted by Gasteiger charge is 2.22. The second-order valence-electron chi connectivity index (χ2n) is 5.32. The molecule has 4 aromatic rings. The molecule has 0 fully saturated rings. The lowest BCUT2D eigenvalue weighted by Gasteiger charge is -2.11.